The lowest BCUT2D eigenvalue weighted by Crippen LogP contribution is -2.07. The Hall–Kier alpha value is -3.28. The topological polar surface area (TPSA) is 68.3 Å². The molecular formula is C22H26N4O2. The van der Waals surface area contributed by atoms with Crippen LogP contribution >= 0.6 is 0 Å². The van der Waals surface area contributed by atoms with Crippen LogP contribution in [0.15, 0.2) is 48.8 Å². The molecule has 1 aromatic heterocycles. The number of aryl methyl sites for hydroxylation is 2. The molecule has 28 heavy (non-hydrogen) atoms. The van der Waals surface area contributed by atoms with Crippen LogP contribution in [0.25, 0.3) is 0 Å². The molecule has 0 aliphatic heterocycles. The summed E-state index contributed by atoms with van der Waals surface area (Å²) in [5.74, 6) is 3.02. The van der Waals surface area contributed by atoms with Gasteiger partial charge in [-0.1, -0.05) is 24.3 Å². The number of ether oxygens (including phenoxy) is 2. The second-order valence-electron chi connectivity index (χ2n) is 6.55. The molecular weight excluding hydrogens is 352 g/mol. The minimum Gasteiger partial charge on any atom is -0.493 e. The highest BCUT2D eigenvalue weighted by Gasteiger charge is 2.06. The van der Waals surface area contributed by atoms with Crippen molar-refractivity contribution >= 4 is 17.3 Å². The van der Waals surface area contributed by atoms with Crippen molar-refractivity contribution in [2.24, 2.45) is 0 Å². The van der Waals surface area contributed by atoms with Crippen LogP contribution in [0.4, 0.5) is 17.3 Å². The van der Waals surface area contributed by atoms with Gasteiger partial charge in [0, 0.05) is 18.3 Å². The molecule has 0 unspecified atom stereocenters. The molecule has 0 saturated heterocycles. The van der Waals surface area contributed by atoms with Gasteiger partial charge in [-0.2, -0.15) is 0 Å². The first kappa shape index (κ1) is 19.5. The van der Waals surface area contributed by atoms with Gasteiger partial charge in [-0.15, -0.1) is 0 Å². The summed E-state index contributed by atoms with van der Waals surface area (Å²) in [6, 6.07) is 14.1. The zero-order valence-electron chi connectivity index (χ0n) is 16.7. The van der Waals surface area contributed by atoms with E-state index in [1.165, 1.54) is 11.1 Å². The third kappa shape index (κ3) is 4.71. The number of nitrogens with zero attached hydrogens (tertiary/aromatic N) is 2. The molecule has 0 aliphatic rings. The lowest BCUT2D eigenvalue weighted by molar-refractivity contribution is 0.354. The van der Waals surface area contributed by atoms with Gasteiger partial charge >= 0.3 is 0 Å². The van der Waals surface area contributed by atoms with Crippen LogP contribution < -0.4 is 20.1 Å². The number of para-hydroxylation sites is 1. The lowest BCUT2D eigenvalue weighted by atomic mass is 10.1. The third-order valence-corrected chi connectivity index (χ3v) is 4.57. The highest BCUT2D eigenvalue weighted by atomic mass is 16.5. The number of aromatic nitrogens is 2. The van der Waals surface area contributed by atoms with Crippen LogP contribution in [0.3, 0.4) is 0 Å². The van der Waals surface area contributed by atoms with Gasteiger partial charge in [-0.3, -0.25) is 0 Å². The Morgan fingerprint density at radius 3 is 2.29 bits per heavy atom. The number of hydrogen-bond donors (Lipinski definition) is 2. The van der Waals surface area contributed by atoms with E-state index in [4.69, 9.17) is 9.47 Å². The summed E-state index contributed by atoms with van der Waals surface area (Å²) in [4.78, 5) is 8.64. The number of benzene rings is 2. The van der Waals surface area contributed by atoms with Crippen molar-refractivity contribution in [2.75, 3.05) is 31.4 Å². The van der Waals surface area contributed by atoms with Crippen LogP contribution in [0.2, 0.25) is 0 Å². The predicted molar refractivity (Wildman–Crippen MR) is 113 cm³/mol. The van der Waals surface area contributed by atoms with E-state index in [1.54, 1.807) is 20.5 Å². The molecule has 2 N–H and O–H groups in total. The standard InChI is InChI=1S/C22H26N4O2/c1-15-6-5-7-16(2)22(15)26-21-13-20(24-14-25-21)23-11-10-17-8-9-18(27-3)19(12-17)28-4/h5-9,12-14H,10-11H2,1-4H3,(H2,23,24,25,26). The summed E-state index contributed by atoms with van der Waals surface area (Å²) in [7, 11) is 3.28. The Bertz CT molecular complexity index is 923. The molecule has 6 heteroatoms. The van der Waals surface area contributed by atoms with Crippen LogP contribution in [0, 0.1) is 13.8 Å². The van der Waals surface area contributed by atoms with Crippen molar-refractivity contribution in [1.29, 1.82) is 0 Å². The van der Waals surface area contributed by atoms with Crippen LogP contribution in [0.5, 0.6) is 11.5 Å². The Balaban J connectivity index is 1.62. The van der Waals surface area contributed by atoms with Crippen molar-refractivity contribution in [3.63, 3.8) is 0 Å². The molecule has 0 fully saturated rings. The van der Waals surface area contributed by atoms with Gasteiger partial charge in [0.05, 0.1) is 14.2 Å². The van der Waals surface area contributed by atoms with Gasteiger partial charge in [0.25, 0.3) is 0 Å². The molecule has 0 bridgehead atoms. The maximum absolute atomic E-state index is 5.36. The first-order valence-corrected chi connectivity index (χ1v) is 9.20. The van der Waals surface area contributed by atoms with Gasteiger partial charge in [0.1, 0.15) is 18.0 Å². The minimum absolute atomic E-state index is 0.734. The molecule has 0 atom stereocenters. The lowest BCUT2D eigenvalue weighted by Gasteiger charge is -2.13. The average Bonchev–Trinajstić information content (AvgIpc) is 2.71. The molecule has 2 aromatic carbocycles. The van der Waals surface area contributed by atoms with Gasteiger partial charge in [-0.05, 0) is 49.1 Å². The zero-order valence-corrected chi connectivity index (χ0v) is 16.7. The Morgan fingerprint density at radius 2 is 1.57 bits per heavy atom. The van der Waals surface area contributed by atoms with Gasteiger partial charge in [0.15, 0.2) is 11.5 Å². The van der Waals surface area contributed by atoms with Gasteiger partial charge in [-0.25, -0.2) is 9.97 Å². The number of rotatable bonds is 8. The van der Waals surface area contributed by atoms with Crippen molar-refractivity contribution < 1.29 is 9.47 Å². The molecule has 1 heterocycles. The second-order valence-corrected chi connectivity index (χ2v) is 6.55. The summed E-state index contributed by atoms with van der Waals surface area (Å²) >= 11 is 0. The van der Waals surface area contributed by atoms with Crippen molar-refractivity contribution in [3.05, 3.63) is 65.5 Å². The summed E-state index contributed by atoms with van der Waals surface area (Å²) in [6.45, 7) is 4.91. The smallest absolute Gasteiger partial charge is 0.160 e. The van der Waals surface area contributed by atoms with E-state index in [-0.39, 0.29) is 0 Å². The van der Waals surface area contributed by atoms with Crippen molar-refractivity contribution in [2.45, 2.75) is 20.3 Å². The Kier molecular flexibility index (Phi) is 6.32. The molecule has 0 amide bonds. The first-order chi connectivity index (χ1) is 13.6. The molecule has 3 rings (SSSR count). The summed E-state index contributed by atoms with van der Waals surface area (Å²) in [5.41, 5.74) is 4.61. The zero-order chi connectivity index (χ0) is 19.9. The van der Waals surface area contributed by atoms with Gasteiger partial charge in [0.2, 0.25) is 0 Å². The molecule has 6 nitrogen and oxygen atoms in total. The Morgan fingerprint density at radius 1 is 0.857 bits per heavy atom. The third-order valence-electron chi connectivity index (χ3n) is 4.57. The normalized spacial score (nSPS) is 10.4. The van der Waals surface area contributed by atoms with E-state index in [2.05, 4.69) is 52.6 Å². The maximum atomic E-state index is 5.36. The van der Waals surface area contributed by atoms with E-state index >= 15 is 0 Å². The van der Waals surface area contributed by atoms with Crippen LogP contribution in [0.1, 0.15) is 16.7 Å². The summed E-state index contributed by atoms with van der Waals surface area (Å²) in [5, 5.41) is 6.75. The second kappa shape index (κ2) is 9.08. The monoisotopic (exact) mass is 378 g/mol. The SMILES string of the molecule is COc1ccc(CCNc2cc(Nc3c(C)cccc3C)ncn2)cc1OC. The number of hydrogen-bond acceptors (Lipinski definition) is 6. The van der Waals surface area contributed by atoms with E-state index in [0.717, 1.165) is 47.4 Å². The predicted octanol–water partition coefficient (Wildman–Crippen LogP) is 4.51. The number of methoxy groups -OCH3 is 2. The van der Waals surface area contributed by atoms with E-state index in [0.29, 0.717) is 0 Å². The maximum Gasteiger partial charge on any atom is 0.160 e. The molecule has 146 valence electrons. The Labute approximate surface area is 166 Å². The summed E-state index contributed by atoms with van der Waals surface area (Å²) < 4.78 is 10.6. The molecule has 3 aromatic rings. The number of nitrogens with one attached hydrogen (secondary N) is 2. The largest absolute Gasteiger partial charge is 0.493 e. The fourth-order valence-corrected chi connectivity index (χ4v) is 3.03. The fraction of sp³-hybridized carbons (Fsp3) is 0.273. The quantitative estimate of drug-likeness (QED) is 0.601. The minimum atomic E-state index is 0.734. The highest BCUT2D eigenvalue weighted by Crippen LogP contribution is 2.28. The van der Waals surface area contributed by atoms with Crippen LogP contribution in [-0.2, 0) is 6.42 Å². The molecule has 0 spiro atoms. The van der Waals surface area contributed by atoms with Crippen molar-refractivity contribution in [3.8, 4) is 11.5 Å². The number of anilines is 3. The van der Waals surface area contributed by atoms with E-state index in [9.17, 15) is 0 Å². The van der Waals surface area contributed by atoms with E-state index in [1.807, 2.05) is 24.3 Å². The highest BCUT2D eigenvalue weighted by molar-refractivity contribution is 5.65. The van der Waals surface area contributed by atoms with E-state index < -0.39 is 0 Å². The molecule has 0 aliphatic carbocycles. The average molecular weight is 378 g/mol. The van der Waals surface area contributed by atoms with Crippen LogP contribution in [-0.4, -0.2) is 30.7 Å². The summed E-state index contributed by atoms with van der Waals surface area (Å²) in [6.07, 6.45) is 2.40. The molecule has 0 radical (unpaired) electrons. The fourth-order valence-electron chi connectivity index (χ4n) is 3.03. The van der Waals surface area contributed by atoms with Crippen molar-refractivity contribution in [1.82, 2.24) is 9.97 Å². The van der Waals surface area contributed by atoms with Gasteiger partial charge < -0.3 is 20.1 Å². The first-order valence-electron chi connectivity index (χ1n) is 9.20. The molecule has 0 saturated carbocycles.